The first-order chi connectivity index (χ1) is 6.34. The molecule has 1 aliphatic heterocycles. The predicted molar refractivity (Wildman–Crippen MR) is 56.1 cm³/mol. The van der Waals surface area contributed by atoms with E-state index in [-0.39, 0.29) is 12.4 Å². The van der Waals surface area contributed by atoms with E-state index in [0.717, 1.165) is 13.1 Å². The molecule has 0 unspecified atom stereocenters. The summed E-state index contributed by atoms with van der Waals surface area (Å²) in [5.74, 6) is 1.10. The van der Waals surface area contributed by atoms with Gasteiger partial charge in [0.2, 0.25) is 5.88 Å². The van der Waals surface area contributed by atoms with E-state index in [9.17, 15) is 0 Å². The zero-order valence-corrected chi connectivity index (χ0v) is 9.01. The number of nitrogens with zero attached hydrogens (tertiary/aromatic N) is 2. The molecule has 1 aliphatic rings. The van der Waals surface area contributed by atoms with Gasteiger partial charge in [-0.25, -0.2) is 0 Å². The fourth-order valence-electron chi connectivity index (χ4n) is 1.06. The number of ether oxygens (including phenoxy) is 1. The normalized spacial score (nSPS) is 15.5. The summed E-state index contributed by atoms with van der Waals surface area (Å²) in [6, 6.07) is 0. The van der Waals surface area contributed by atoms with Crippen LogP contribution < -0.4 is 10.1 Å². The monoisotopic (exact) mass is 235 g/mol. The van der Waals surface area contributed by atoms with Crippen molar-refractivity contribution in [3.8, 4) is 5.88 Å². The van der Waals surface area contributed by atoms with Crippen LogP contribution in [0, 0.1) is 5.92 Å². The van der Waals surface area contributed by atoms with Gasteiger partial charge in [0.15, 0.2) is 5.15 Å². The Hall–Kier alpha value is -0.580. The molecule has 0 amide bonds. The topological polar surface area (TPSA) is 47.0 Å². The van der Waals surface area contributed by atoms with Crippen LogP contribution in [0.15, 0.2) is 12.4 Å². The predicted octanol–water partition coefficient (Wildman–Crippen LogP) is 1.15. The highest BCUT2D eigenvalue weighted by Gasteiger charge is 2.17. The van der Waals surface area contributed by atoms with E-state index in [2.05, 4.69) is 15.3 Å². The lowest BCUT2D eigenvalue weighted by molar-refractivity contribution is 0.193. The van der Waals surface area contributed by atoms with E-state index in [1.54, 1.807) is 6.20 Å². The summed E-state index contributed by atoms with van der Waals surface area (Å²) in [6.45, 7) is 2.73. The Balaban J connectivity index is 0.000000980. The minimum atomic E-state index is 0. The van der Waals surface area contributed by atoms with Gasteiger partial charge in [0.05, 0.1) is 19.0 Å². The molecule has 6 heteroatoms. The van der Waals surface area contributed by atoms with Gasteiger partial charge in [0.25, 0.3) is 0 Å². The molecule has 0 bridgehead atoms. The first kappa shape index (κ1) is 11.5. The van der Waals surface area contributed by atoms with Crippen molar-refractivity contribution in [3.05, 3.63) is 17.5 Å². The van der Waals surface area contributed by atoms with Gasteiger partial charge >= 0.3 is 0 Å². The molecular formula is C8H11Cl2N3O. The number of nitrogens with one attached hydrogen (secondary N) is 1. The second kappa shape index (κ2) is 5.34. The lowest BCUT2D eigenvalue weighted by Gasteiger charge is -2.26. The Morgan fingerprint density at radius 3 is 2.86 bits per heavy atom. The third-order valence-electron chi connectivity index (χ3n) is 1.92. The second-order valence-corrected chi connectivity index (χ2v) is 3.40. The Bertz CT molecular complexity index is 294. The van der Waals surface area contributed by atoms with Gasteiger partial charge in [0.1, 0.15) is 0 Å². The van der Waals surface area contributed by atoms with E-state index in [1.807, 2.05) is 0 Å². The summed E-state index contributed by atoms with van der Waals surface area (Å²) in [5.41, 5.74) is 0. The molecule has 0 spiro atoms. The lowest BCUT2D eigenvalue weighted by atomic mass is 10.1. The number of hydrogen-bond acceptors (Lipinski definition) is 4. The van der Waals surface area contributed by atoms with Crippen LogP contribution in [-0.2, 0) is 0 Å². The van der Waals surface area contributed by atoms with Crippen LogP contribution in [0.4, 0.5) is 0 Å². The standard InChI is InChI=1S/C8H10ClN3O.ClH/c9-7-3-11-4-8(12-7)13-5-6-1-10-2-6;/h3-4,6,10H,1-2,5H2;1H. The molecule has 2 heterocycles. The third kappa shape index (κ3) is 2.97. The van der Waals surface area contributed by atoms with E-state index in [1.165, 1.54) is 6.20 Å². The molecule has 1 aromatic rings. The zero-order valence-electron chi connectivity index (χ0n) is 7.44. The smallest absolute Gasteiger partial charge is 0.233 e. The fourth-order valence-corrected chi connectivity index (χ4v) is 1.20. The third-order valence-corrected chi connectivity index (χ3v) is 2.10. The molecule has 14 heavy (non-hydrogen) atoms. The molecule has 1 aromatic heterocycles. The van der Waals surface area contributed by atoms with Crippen molar-refractivity contribution in [2.24, 2.45) is 5.92 Å². The quantitative estimate of drug-likeness (QED) is 0.855. The van der Waals surface area contributed by atoms with Crippen LogP contribution in [0.25, 0.3) is 0 Å². The molecule has 0 aromatic carbocycles. The highest BCUT2D eigenvalue weighted by molar-refractivity contribution is 6.29. The van der Waals surface area contributed by atoms with E-state index in [4.69, 9.17) is 16.3 Å². The maximum Gasteiger partial charge on any atom is 0.233 e. The minimum Gasteiger partial charge on any atom is -0.476 e. The molecule has 0 aliphatic carbocycles. The van der Waals surface area contributed by atoms with E-state index >= 15 is 0 Å². The van der Waals surface area contributed by atoms with Crippen LogP contribution in [0.3, 0.4) is 0 Å². The molecule has 1 N–H and O–H groups in total. The van der Waals surface area contributed by atoms with Crippen molar-refractivity contribution in [2.75, 3.05) is 19.7 Å². The van der Waals surface area contributed by atoms with Gasteiger partial charge in [0, 0.05) is 19.0 Å². The maximum atomic E-state index is 5.64. The minimum absolute atomic E-state index is 0. The Morgan fingerprint density at radius 1 is 1.50 bits per heavy atom. The first-order valence-electron chi connectivity index (χ1n) is 4.15. The van der Waals surface area contributed by atoms with Gasteiger partial charge in [-0.15, -0.1) is 12.4 Å². The van der Waals surface area contributed by atoms with Crippen LogP contribution in [-0.4, -0.2) is 29.7 Å². The van der Waals surface area contributed by atoms with Crippen molar-refractivity contribution in [2.45, 2.75) is 0 Å². The molecule has 1 saturated heterocycles. The number of hydrogen-bond donors (Lipinski definition) is 1. The van der Waals surface area contributed by atoms with Gasteiger partial charge < -0.3 is 10.1 Å². The molecule has 0 radical (unpaired) electrons. The highest BCUT2D eigenvalue weighted by atomic mass is 35.5. The van der Waals surface area contributed by atoms with Crippen molar-refractivity contribution in [1.82, 2.24) is 15.3 Å². The number of halogens is 2. The van der Waals surface area contributed by atoms with Crippen LogP contribution >= 0.6 is 24.0 Å². The Kier molecular flexibility index (Phi) is 4.38. The van der Waals surface area contributed by atoms with E-state index in [0.29, 0.717) is 23.6 Å². The molecule has 1 fully saturated rings. The van der Waals surface area contributed by atoms with Crippen molar-refractivity contribution < 1.29 is 4.74 Å². The molecule has 2 rings (SSSR count). The van der Waals surface area contributed by atoms with Crippen LogP contribution in [0.1, 0.15) is 0 Å². The second-order valence-electron chi connectivity index (χ2n) is 3.02. The summed E-state index contributed by atoms with van der Waals surface area (Å²) >= 11 is 5.64. The van der Waals surface area contributed by atoms with E-state index < -0.39 is 0 Å². The van der Waals surface area contributed by atoms with Crippen LogP contribution in [0.5, 0.6) is 5.88 Å². The number of rotatable bonds is 3. The average Bonchev–Trinajstić information content (AvgIpc) is 2.01. The van der Waals surface area contributed by atoms with Gasteiger partial charge in [-0.2, -0.15) is 4.98 Å². The number of aromatic nitrogens is 2. The largest absolute Gasteiger partial charge is 0.476 e. The maximum absolute atomic E-state index is 5.64. The summed E-state index contributed by atoms with van der Waals surface area (Å²) in [7, 11) is 0. The summed E-state index contributed by atoms with van der Waals surface area (Å²) in [5, 5.41) is 3.53. The molecular weight excluding hydrogens is 225 g/mol. The Labute approximate surface area is 93.4 Å². The van der Waals surface area contributed by atoms with Crippen LogP contribution in [0.2, 0.25) is 5.15 Å². The van der Waals surface area contributed by atoms with Gasteiger partial charge in [-0.1, -0.05) is 11.6 Å². The first-order valence-corrected chi connectivity index (χ1v) is 4.53. The zero-order chi connectivity index (χ0) is 9.10. The summed E-state index contributed by atoms with van der Waals surface area (Å²) in [6.07, 6.45) is 3.05. The summed E-state index contributed by atoms with van der Waals surface area (Å²) < 4.78 is 5.39. The molecule has 0 saturated carbocycles. The molecule has 0 atom stereocenters. The average molecular weight is 236 g/mol. The van der Waals surface area contributed by atoms with Gasteiger partial charge in [-0.3, -0.25) is 4.98 Å². The van der Waals surface area contributed by atoms with Gasteiger partial charge in [-0.05, 0) is 0 Å². The molecule has 4 nitrogen and oxygen atoms in total. The van der Waals surface area contributed by atoms with Crippen molar-refractivity contribution in [3.63, 3.8) is 0 Å². The fraction of sp³-hybridized carbons (Fsp3) is 0.500. The molecule has 78 valence electrons. The lowest BCUT2D eigenvalue weighted by Crippen LogP contribution is -2.45. The van der Waals surface area contributed by atoms with Crippen molar-refractivity contribution >= 4 is 24.0 Å². The van der Waals surface area contributed by atoms with Crippen molar-refractivity contribution in [1.29, 1.82) is 0 Å². The highest BCUT2D eigenvalue weighted by Crippen LogP contribution is 2.11. The summed E-state index contributed by atoms with van der Waals surface area (Å²) in [4.78, 5) is 7.83. The Morgan fingerprint density at radius 2 is 2.29 bits per heavy atom. The SMILES string of the molecule is Cl.Clc1cncc(OCC2CNC2)n1.